The molecule has 0 saturated carbocycles. The zero-order valence-corrected chi connectivity index (χ0v) is 20.8. The summed E-state index contributed by atoms with van der Waals surface area (Å²) < 4.78 is 34.8. The van der Waals surface area contributed by atoms with Crippen molar-refractivity contribution < 1.29 is 18.3 Å². The minimum absolute atomic E-state index is 0.00905. The summed E-state index contributed by atoms with van der Waals surface area (Å²) in [6.45, 7) is 1.77. The lowest BCUT2D eigenvalue weighted by Crippen LogP contribution is -2.23. The minimum atomic E-state index is -0.693. The number of carbonyl (C=O) groups is 1. The maximum Gasteiger partial charge on any atom is 0.251 e. The van der Waals surface area contributed by atoms with Gasteiger partial charge in [-0.1, -0.05) is 30.3 Å². The summed E-state index contributed by atoms with van der Waals surface area (Å²) in [5.74, 6) is -0.679. The third-order valence-corrected chi connectivity index (χ3v) is 6.05. The summed E-state index contributed by atoms with van der Waals surface area (Å²) in [7, 11) is 1.88. The Morgan fingerprint density at radius 2 is 1.63 bits per heavy atom. The molecule has 0 atom stereocenters. The van der Waals surface area contributed by atoms with Gasteiger partial charge in [0.05, 0.1) is 11.4 Å². The molecule has 0 bridgehead atoms. The van der Waals surface area contributed by atoms with Crippen LogP contribution in [0.1, 0.15) is 21.5 Å². The molecule has 8 heteroatoms. The van der Waals surface area contributed by atoms with Crippen molar-refractivity contribution in [3.05, 3.63) is 120 Å². The van der Waals surface area contributed by atoms with Gasteiger partial charge in [0.15, 0.2) is 0 Å². The van der Waals surface area contributed by atoms with Crippen molar-refractivity contribution in [1.29, 1.82) is 0 Å². The van der Waals surface area contributed by atoms with E-state index in [1.165, 1.54) is 12.1 Å². The number of pyridine rings is 1. The number of hydrogen-bond acceptors (Lipinski definition) is 4. The first kappa shape index (κ1) is 24.8. The Morgan fingerprint density at radius 3 is 2.32 bits per heavy atom. The first-order valence-electron chi connectivity index (χ1n) is 11.9. The minimum Gasteiger partial charge on any atom is -0.457 e. The van der Waals surface area contributed by atoms with Crippen molar-refractivity contribution in [3.63, 3.8) is 0 Å². The number of nitrogens with zero attached hydrogens (tertiary/aromatic N) is 3. The predicted molar refractivity (Wildman–Crippen MR) is 141 cm³/mol. The average Bonchev–Trinajstić information content (AvgIpc) is 3.34. The second-order valence-corrected chi connectivity index (χ2v) is 8.82. The smallest absolute Gasteiger partial charge is 0.251 e. The van der Waals surface area contributed by atoms with Crippen molar-refractivity contribution in [2.24, 2.45) is 7.05 Å². The molecule has 1 N–H and O–H groups in total. The maximum atomic E-state index is 13.4. The first-order valence-corrected chi connectivity index (χ1v) is 11.9. The van der Waals surface area contributed by atoms with E-state index >= 15 is 0 Å². The molecule has 6 nitrogen and oxygen atoms in total. The van der Waals surface area contributed by atoms with Crippen LogP contribution in [-0.2, 0) is 13.6 Å². The Bertz CT molecular complexity index is 1590. The fourth-order valence-corrected chi connectivity index (χ4v) is 4.10. The van der Waals surface area contributed by atoms with Crippen molar-refractivity contribution in [1.82, 2.24) is 20.1 Å². The number of nitrogens with one attached hydrogen (secondary N) is 1. The van der Waals surface area contributed by atoms with Gasteiger partial charge in [-0.3, -0.25) is 14.5 Å². The fourth-order valence-electron chi connectivity index (χ4n) is 4.10. The summed E-state index contributed by atoms with van der Waals surface area (Å²) in [5, 5.41) is 7.13. The Kier molecular flexibility index (Phi) is 6.95. The van der Waals surface area contributed by atoms with Crippen LogP contribution in [0.2, 0.25) is 0 Å². The zero-order valence-electron chi connectivity index (χ0n) is 20.8. The second kappa shape index (κ2) is 10.6. The molecule has 1 amide bonds. The maximum absolute atomic E-state index is 13.4. The quantitative estimate of drug-likeness (QED) is 0.273. The van der Waals surface area contributed by atoms with E-state index in [1.807, 2.05) is 49.6 Å². The summed E-state index contributed by atoms with van der Waals surface area (Å²) in [6, 6.07) is 21.8. The molecule has 190 valence electrons. The molecule has 2 aromatic heterocycles. The van der Waals surface area contributed by atoms with Crippen LogP contribution in [0.25, 0.3) is 22.5 Å². The highest BCUT2D eigenvalue weighted by Gasteiger charge is 2.14. The Morgan fingerprint density at radius 1 is 0.921 bits per heavy atom. The van der Waals surface area contributed by atoms with Gasteiger partial charge < -0.3 is 10.1 Å². The lowest BCUT2D eigenvalue weighted by Gasteiger charge is -2.13. The molecule has 0 saturated heterocycles. The third kappa shape index (κ3) is 5.59. The highest BCUT2D eigenvalue weighted by Crippen LogP contribution is 2.30. The number of rotatable bonds is 7. The Balaban J connectivity index is 1.30. The van der Waals surface area contributed by atoms with Crippen LogP contribution < -0.4 is 10.1 Å². The van der Waals surface area contributed by atoms with E-state index in [1.54, 1.807) is 42.1 Å². The van der Waals surface area contributed by atoms with Crippen LogP contribution in [0.15, 0.2) is 91.3 Å². The van der Waals surface area contributed by atoms with Gasteiger partial charge >= 0.3 is 0 Å². The first-order chi connectivity index (χ1) is 18.4. The topological polar surface area (TPSA) is 69.0 Å². The molecule has 0 unspecified atom stereocenters. The van der Waals surface area contributed by atoms with E-state index in [-0.39, 0.29) is 12.5 Å². The number of carbonyl (C=O) groups excluding carboxylic acids is 1. The molecular formula is C30H24F2N4O2. The summed E-state index contributed by atoms with van der Waals surface area (Å²) in [4.78, 5) is 17.3. The zero-order chi connectivity index (χ0) is 26.6. The molecule has 38 heavy (non-hydrogen) atoms. The number of hydrogen-bond donors (Lipinski definition) is 1. The van der Waals surface area contributed by atoms with Crippen LogP contribution in [-0.4, -0.2) is 20.7 Å². The number of ether oxygens (including phenoxy) is 1. The van der Waals surface area contributed by atoms with Crippen molar-refractivity contribution >= 4 is 5.91 Å². The van der Waals surface area contributed by atoms with Crippen LogP contribution in [0.5, 0.6) is 11.5 Å². The molecule has 0 aliphatic carbocycles. The Hall–Kier alpha value is -4.85. The monoisotopic (exact) mass is 510 g/mol. The number of aromatic nitrogens is 3. The molecule has 5 aromatic rings. The number of aryl methyl sites for hydroxylation is 1. The molecule has 0 fully saturated rings. The van der Waals surface area contributed by atoms with Crippen molar-refractivity contribution in [2.75, 3.05) is 0 Å². The van der Waals surface area contributed by atoms with Gasteiger partial charge in [0.25, 0.3) is 5.91 Å². The van der Waals surface area contributed by atoms with E-state index in [2.05, 4.69) is 15.4 Å². The van der Waals surface area contributed by atoms with Gasteiger partial charge in [0, 0.05) is 60.4 Å². The van der Waals surface area contributed by atoms with Gasteiger partial charge in [-0.15, -0.1) is 0 Å². The van der Waals surface area contributed by atoms with E-state index in [0.717, 1.165) is 28.6 Å². The molecule has 0 spiro atoms. The third-order valence-electron chi connectivity index (χ3n) is 6.05. The molecule has 3 aromatic carbocycles. The second-order valence-electron chi connectivity index (χ2n) is 8.82. The van der Waals surface area contributed by atoms with E-state index < -0.39 is 11.6 Å². The number of amides is 1. The van der Waals surface area contributed by atoms with Crippen molar-refractivity contribution in [2.45, 2.75) is 13.5 Å². The average molecular weight is 511 g/mol. The number of halogens is 2. The van der Waals surface area contributed by atoms with Gasteiger partial charge in [-0.05, 0) is 48.9 Å². The standard InChI is InChI=1S/C30H24F2N4O2/c1-19-26(30(37)34-18-20-14-23(31)16-24(32)15-20)4-3-5-29(19)38-25-10-12-33-28(17-25)22-8-6-21(7-9-22)27-11-13-36(2)35-27/h3-17H,18H2,1-2H3,(H,34,37). The van der Waals surface area contributed by atoms with Gasteiger partial charge in [0.2, 0.25) is 0 Å². The highest BCUT2D eigenvalue weighted by molar-refractivity contribution is 5.96. The molecule has 0 aliphatic rings. The predicted octanol–water partition coefficient (Wildman–Crippen LogP) is 6.46. The SMILES string of the molecule is Cc1c(Oc2ccnc(-c3ccc(-c4ccn(C)n4)cc3)c2)cccc1C(=O)NCc1cc(F)cc(F)c1. The van der Waals surface area contributed by atoms with E-state index in [4.69, 9.17) is 4.74 Å². The Labute approximate surface area is 218 Å². The van der Waals surface area contributed by atoms with Crippen molar-refractivity contribution in [3.8, 4) is 34.0 Å². The lowest BCUT2D eigenvalue weighted by atomic mass is 10.1. The largest absolute Gasteiger partial charge is 0.457 e. The van der Waals surface area contributed by atoms with Gasteiger partial charge in [-0.2, -0.15) is 5.10 Å². The summed E-state index contributed by atoms with van der Waals surface area (Å²) in [6.07, 6.45) is 3.57. The highest BCUT2D eigenvalue weighted by atomic mass is 19.1. The van der Waals surface area contributed by atoms with Crippen LogP contribution in [0.3, 0.4) is 0 Å². The number of benzene rings is 3. The fraction of sp³-hybridized carbons (Fsp3) is 0.100. The van der Waals surface area contributed by atoms with Crippen LogP contribution in [0.4, 0.5) is 8.78 Å². The van der Waals surface area contributed by atoms with Gasteiger partial charge in [-0.25, -0.2) is 8.78 Å². The van der Waals surface area contributed by atoms with E-state index in [0.29, 0.717) is 28.2 Å². The van der Waals surface area contributed by atoms with Crippen LogP contribution in [0, 0.1) is 18.6 Å². The normalized spacial score (nSPS) is 10.8. The molecule has 2 heterocycles. The molecule has 0 aliphatic heterocycles. The molecule has 5 rings (SSSR count). The molecular weight excluding hydrogens is 486 g/mol. The molecule has 0 radical (unpaired) electrons. The van der Waals surface area contributed by atoms with E-state index in [9.17, 15) is 13.6 Å². The summed E-state index contributed by atoms with van der Waals surface area (Å²) in [5.41, 5.74) is 4.94. The lowest BCUT2D eigenvalue weighted by molar-refractivity contribution is 0.0949. The van der Waals surface area contributed by atoms with Crippen LogP contribution >= 0.6 is 0 Å². The summed E-state index contributed by atoms with van der Waals surface area (Å²) >= 11 is 0. The van der Waals surface area contributed by atoms with Gasteiger partial charge in [0.1, 0.15) is 23.1 Å².